The zero-order valence-corrected chi connectivity index (χ0v) is 16.3. The van der Waals surface area contributed by atoms with Crippen LogP contribution < -0.4 is 5.32 Å². The van der Waals surface area contributed by atoms with Gasteiger partial charge in [0.25, 0.3) is 0 Å². The molecule has 0 aliphatic carbocycles. The average Bonchev–Trinajstić information content (AvgIpc) is 3.23. The molecule has 2 heterocycles. The normalized spacial score (nSPS) is 10.5. The second kappa shape index (κ2) is 7.90. The van der Waals surface area contributed by atoms with Crippen LogP contribution in [0.3, 0.4) is 0 Å². The van der Waals surface area contributed by atoms with Crippen LogP contribution in [-0.4, -0.2) is 24.0 Å². The predicted molar refractivity (Wildman–Crippen MR) is 103 cm³/mol. The quantitative estimate of drug-likeness (QED) is 0.593. The molecule has 0 aliphatic rings. The number of esters is 1. The Kier molecular flexibility index (Phi) is 5.62. The largest absolute Gasteiger partial charge is 0.465 e. The van der Waals surface area contributed by atoms with Gasteiger partial charge in [-0.2, -0.15) is 0 Å². The highest BCUT2D eigenvalue weighted by Crippen LogP contribution is 2.27. The highest BCUT2D eigenvalue weighted by atomic mass is 79.9. The van der Waals surface area contributed by atoms with Crippen LogP contribution in [-0.2, 0) is 16.0 Å². The number of benzene rings is 1. The summed E-state index contributed by atoms with van der Waals surface area (Å²) in [6.07, 6.45) is 0.140. The van der Waals surface area contributed by atoms with E-state index in [4.69, 9.17) is 4.74 Å². The maximum atomic E-state index is 12.2. The molecular weight excluding hydrogens is 424 g/mol. The first-order valence-electron chi connectivity index (χ1n) is 7.23. The van der Waals surface area contributed by atoms with Crippen LogP contribution in [0.2, 0.25) is 0 Å². The molecule has 1 N–H and O–H groups in total. The summed E-state index contributed by atoms with van der Waals surface area (Å²) >= 11 is 6.15. The monoisotopic (exact) mass is 436 g/mol. The highest BCUT2D eigenvalue weighted by molar-refractivity contribution is 9.10. The first-order chi connectivity index (χ1) is 12.1. The van der Waals surface area contributed by atoms with Crippen molar-refractivity contribution in [2.24, 2.45) is 0 Å². The summed E-state index contributed by atoms with van der Waals surface area (Å²) in [5, 5.41) is 7.19. The lowest BCUT2D eigenvalue weighted by molar-refractivity contribution is -0.115. The maximum Gasteiger partial charge on any atom is 0.350 e. The van der Waals surface area contributed by atoms with Gasteiger partial charge in [0.1, 0.15) is 9.88 Å². The molecule has 8 heteroatoms. The molecule has 0 fully saturated rings. The molecular formula is C17H13BrN2O3S2. The molecule has 0 aliphatic heterocycles. The summed E-state index contributed by atoms with van der Waals surface area (Å²) in [7, 11) is 1.31. The van der Waals surface area contributed by atoms with E-state index < -0.39 is 5.97 Å². The number of amides is 1. The number of ether oxygens (including phenoxy) is 1. The summed E-state index contributed by atoms with van der Waals surface area (Å²) in [5.41, 5.74) is 2.15. The van der Waals surface area contributed by atoms with Gasteiger partial charge in [-0.05, 0) is 23.6 Å². The second-order valence-electron chi connectivity index (χ2n) is 5.03. The van der Waals surface area contributed by atoms with Crippen molar-refractivity contribution in [1.82, 2.24) is 4.98 Å². The van der Waals surface area contributed by atoms with Crippen molar-refractivity contribution in [3.05, 3.63) is 56.1 Å². The van der Waals surface area contributed by atoms with E-state index in [-0.39, 0.29) is 12.3 Å². The van der Waals surface area contributed by atoms with Gasteiger partial charge >= 0.3 is 5.97 Å². The van der Waals surface area contributed by atoms with Crippen LogP contribution in [0.25, 0.3) is 10.6 Å². The number of carbonyl (C=O) groups excluding carboxylic acids is 2. The van der Waals surface area contributed by atoms with Gasteiger partial charge < -0.3 is 10.1 Å². The number of hydrogen-bond donors (Lipinski definition) is 1. The zero-order chi connectivity index (χ0) is 17.8. The zero-order valence-electron chi connectivity index (χ0n) is 13.1. The van der Waals surface area contributed by atoms with Crippen LogP contribution in [0.5, 0.6) is 0 Å². The summed E-state index contributed by atoms with van der Waals surface area (Å²) < 4.78 is 5.68. The smallest absolute Gasteiger partial charge is 0.350 e. The topological polar surface area (TPSA) is 68.3 Å². The molecule has 0 unspecified atom stereocenters. The second-order valence-corrected chi connectivity index (χ2v) is 7.72. The molecule has 2 aromatic heterocycles. The number of hydrogen-bond acceptors (Lipinski definition) is 6. The SMILES string of the molecule is COC(=O)c1sccc1NC(=O)Cc1csc(-c2cccc(Br)c2)n1. The summed E-state index contributed by atoms with van der Waals surface area (Å²) in [6.45, 7) is 0. The first kappa shape index (κ1) is 17.8. The Balaban J connectivity index is 1.68. The van der Waals surface area contributed by atoms with E-state index >= 15 is 0 Å². The number of methoxy groups -OCH3 is 1. The van der Waals surface area contributed by atoms with E-state index in [2.05, 4.69) is 26.2 Å². The minimum atomic E-state index is -0.462. The standard InChI is InChI=1S/C17H13BrN2O3S2/c1-23-17(22)15-13(5-6-24-15)20-14(21)8-12-9-25-16(19-12)10-3-2-4-11(18)7-10/h2-7,9H,8H2,1H3,(H,20,21). The first-order valence-corrected chi connectivity index (χ1v) is 9.78. The van der Waals surface area contributed by atoms with Crippen LogP contribution >= 0.6 is 38.6 Å². The van der Waals surface area contributed by atoms with Crippen LogP contribution in [0.15, 0.2) is 45.6 Å². The van der Waals surface area contributed by atoms with E-state index in [0.29, 0.717) is 16.3 Å². The van der Waals surface area contributed by atoms with Gasteiger partial charge in [-0.25, -0.2) is 9.78 Å². The van der Waals surface area contributed by atoms with Gasteiger partial charge in [-0.15, -0.1) is 22.7 Å². The van der Waals surface area contributed by atoms with E-state index in [0.717, 1.165) is 15.0 Å². The van der Waals surface area contributed by atoms with E-state index in [1.807, 2.05) is 29.6 Å². The third-order valence-electron chi connectivity index (χ3n) is 3.28. The van der Waals surface area contributed by atoms with Crippen molar-refractivity contribution in [2.75, 3.05) is 12.4 Å². The van der Waals surface area contributed by atoms with Crippen molar-refractivity contribution >= 4 is 56.2 Å². The number of nitrogens with one attached hydrogen (secondary N) is 1. The van der Waals surface area contributed by atoms with Gasteiger partial charge in [0.15, 0.2) is 0 Å². The molecule has 25 heavy (non-hydrogen) atoms. The molecule has 0 atom stereocenters. The Bertz CT molecular complexity index is 920. The number of nitrogens with zero attached hydrogens (tertiary/aromatic N) is 1. The fraction of sp³-hybridized carbons (Fsp3) is 0.118. The molecule has 1 aromatic carbocycles. The third kappa shape index (κ3) is 4.33. The molecule has 0 saturated carbocycles. The molecule has 5 nitrogen and oxygen atoms in total. The number of carbonyl (C=O) groups is 2. The molecule has 1 amide bonds. The van der Waals surface area contributed by atoms with Gasteiger partial charge in [-0.3, -0.25) is 4.79 Å². The molecule has 0 saturated heterocycles. The molecule has 128 valence electrons. The predicted octanol–water partition coefficient (Wildman–Crippen LogP) is 4.60. The Hall–Kier alpha value is -2.03. The van der Waals surface area contributed by atoms with Crippen LogP contribution in [0.4, 0.5) is 5.69 Å². The fourth-order valence-corrected chi connectivity index (χ4v) is 4.14. The van der Waals surface area contributed by atoms with Crippen molar-refractivity contribution in [3.8, 4) is 10.6 Å². The van der Waals surface area contributed by atoms with Crippen LogP contribution in [0, 0.1) is 0 Å². The number of thiazole rings is 1. The van der Waals surface area contributed by atoms with E-state index in [9.17, 15) is 9.59 Å². The minimum Gasteiger partial charge on any atom is -0.465 e. The van der Waals surface area contributed by atoms with Gasteiger partial charge in [0.05, 0.1) is 24.9 Å². The molecule has 3 rings (SSSR count). The van der Waals surface area contributed by atoms with Crippen molar-refractivity contribution in [3.63, 3.8) is 0 Å². The lowest BCUT2D eigenvalue weighted by Crippen LogP contribution is -2.16. The Morgan fingerprint density at radius 2 is 2.12 bits per heavy atom. The van der Waals surface area contributed by atoms with Gasteiger partial charge in [-0.1, -0.05) is 28.1 Å². The molecule has 0 radical (unpaired) electrons. The minimum absolute atomic E-state index is 0.140. The molecule has 3 aromatic rings. The number of rotatable bonds is 5. The fourth-order valence-electron chi connectivity index (χ4n) is 2.16. The van der Waals surface area contributed by atoms with E-state index in [1.165, 1.54) is 29.8 Å². The number of anilines is 1. The number of thiophene rings is 1. The van der Waals surface area contributed by atoms with Gasteiger partial charge in [0.2, 0.25) is 5.91 Å². The van der Waals surface area contributed by atoms with Gasteiger partial charge in [0, 0.05) is 15.4 Å². The number of aromatic nitrogens is 1. The van der Waals surface area contributed by atoms with Crippen molar-refractivity contribution < 1.29 is 14.3 Å². The lowest BCUT2D eigenvalue weighted by atomic mass is 10.2. The number of halogens is 1. The summed E-state index contributed by atoms with van der Waals surface area (Å²) in [4.78, 5) is 28.8. The summed E-state index contributed by atoms with van der Waals surface area (Å²) in [5.74, 6) is -0.689. The van der Waals surface area contributed by atoms with Crippen molar-refractivity contribution in [2.45, 2.75) is 6.42 Å². The van der Waals surface area contributed by atoms with Crippen LogP contribution in [0.1, 0.15) is 15.4 Å². The summed E-state index contributed by atoms with van der Waals surface area (Å²) in [6, 6.07) is 9.53. The lowest BCUT2D eigenvalue weighted by Gasteiger charge is -2.04. The average molecular weight is 437 g/mol. The molecule has 0 bridgehead atoms. The Morgan fingerprint density at radius 1 is 1.28 bits per heavy atom. The molecule has 0 spiro atoms. The highest BCUT2D eigenvalue weighted by Gasteiger charge is 2.16. The Morgan fingerprint density at radius 3 is 2.88 bits per heavy atom. The maximum absolute atomic E-state index is 12.2. The van der Waals surface area contributed by atoms with Crippen molar-refractivity contribution in [1.29, 1.82) is 0 Å². The Labute approximate surface area is 160 Å². The van der Waals surface area contributed by atoms with E-state index in [1.54, 1.807) is 11.4 Å². The third-order valence-corrected chi connectivity index (χ3v) is 5.60.